The second-order valence-electron chi connectivity index (χ2n) is 5.34. The molecule has 2 aromatic rings. The molecule has 0 heterocycles. The number of ether oxygens (including phenoxy) is 1. The lowest BCUT2D eigenvalue weighted by Crippen LogP contribution is -2.23. The third-order valence-electron chi connectivity index (χ3n) is 2.61. The van der Waals surface area contributed by atoms with Crippen LogP contribution in [0.25, 0.3) is 10.8 Å². The smallest absolute Gasteiger partial charge is 0.342 e. The Balaban J connectivity index is 2.56. The van der Waals surface area contributed by atoms with Gasteiger partial charge in [0.1, 0.15) is 22.7 Å². The van der Waals surface area contributed by atoms with Crippen LogP contribution in [0.3, 0.4) is 0 Å². The van der Waals surface area contributed by atoms with E-state index < -0.39 is 11.6 Å². The molecule has 0 unspecified atom stereocenters. The summed E-state index contributed by atoms with van der Waals surface area (Å²) in [6, 6.07) is 8.00. The maximum absolute atomic E-state index is 12.0. The Hall–Kier alpha value is -2.23. The molecule has 0 saturated heterocycles. The van der Waals surface area contributed by atoms with E-state index in [9.17, 15) is 15.0 Å². The van der Waals surface area contributed by atoms with Crippen LogP contribution < -0.4 is 0 Å². The van der Waals surface area contributed by atoms with Gasteiger partial charge in [-0.2, -0.15) is 0 Å². The number of carbonyl (C=O) groups is 1. The molecular weight excluding hydrogens is 244 g/mol. The number of rotatable bonds is 1. The largest absolute Gasteiger partial charge is 0.507 e. The molecule has 19 heavy (non-hydrogen) atoms. The van der Waals surface area contributed by atoms with Crippen LogP contribution in [0.15, 0.2) is 30.3 Å². The van der Waals surface area contributed by atoms with Crippen LogP contribution >= 0.6 is 0 Å². The molecule has 0 fully saturated rings. The monoisotopic (exact) mass is 260 g/mol. The lowest BCUT2D eigenvalue weighted by atomic mass is 10.0. The van der Waals surface area contributed by atoms with Crippen molar-refractivity contribution in [2.24, 2.45) is 0 Å². The second kappa shape index (κ2) is 4.46. The van der Waals surface area contributed by atoms with Crippen molar-refractivity contribution in [3.8, 4) is 11.5 Å². The van der Waals surface area contributed by atoms with E-state index in [1.165, 1.54) is 6.07 Å². The van der Waals surface area contributed by atoms with E-state index in [2.05, 4.69) is 0 Å². The average molecular weight is 260 g/mol. The first kappa shape index (κ1) is 13.2. The highest BCUT2D eigenvalue weighted by molar-refractivity contribution is 6.03. The van der Waals surface area contributed by atoms with Crippen LogP contribution in [-0.2, 0) is 4.74 Å². The third-order valence-corrected chi connectivity index (χ3v) is 2.61. The lowest BCUT2D eigenvalue weighted by Gasteiger charge is -2.20. The van der Waals surface area contributed by atoms with E-state index >= 15 is 0 Å². The van der Waals surface area contributed by atoms with Crippen LogP contribution in [-0.4, -0.2) is 21.8 Å². The molecule has 0 bridgehead atoms. The molecule has 0 aliphatic carbocycles. The highest BCUT2D eigenvalue weighted by atomic mass is 16.6. The topological polar surface area (TPSA) is 66.8 Å². The number of benzene rings is 2. The van der Waals surface area contributed by atoms with E-state index in [0.29, 0.717) is 10.8 Å². The number of carbonyl (C=O) groups excluding carboxylic acids is 1. The molecule has 0 aliphatic heterocycles. The van der Waals surface area contributed by atoms with Gasteiger partial charge in [0.05, 0.1) is 0 Å². The van der Waals surface area contributed by atoms with Crippen molar-refractivity contribution in [3.63, 3.8) is 0 Å². The van der Waals surface area contributed by atoms with Gasteiger partial charge in [-0.3, -0.25) is 0 Å². The van der Waals surface area contributed by atoms with E-state index in [4.69, 9.17) is 4.74 Å². The predicted octanol–water partition coefficient (Wildman–Crippen LogP) is 3.21. The van der Waals surface area contributed by atoms with Gasteiger partial charge >= 0.3 is 5.97 Å². The molecule has 0 spiro atoms. The number of phenols is 2. The SMILES string of the molecule is CC(C)(C)OC(=O)c1cc(O)c2ccccc2c1O. The van der Waals surface area contributed by atoms with Crippen molar-refractivity contribution in [2.45, 2.75) is 26.4 Å². The molecule has 2 aromatic carbocycles. The number of aromatic hydroxyl groups is 2. The summed E-state index contributed by atoms with van der Waals surface area (Å²) >= 11 is 0. The standard InChI is InChI=1S/C15H16O4/c1-15(2,3)19-14(18)11-8-12(16)9-6-4-5-7-10(9)13(11)17/h4-8,16-17H,1-3H3. The van der Waals surface area contributed by atoms with Crippen LogP contribution in [0.2, 0.25) is 0 Å². The third kappa shape index (κ3) is 2.62. The molecule has 0 atom stereocenters. The van der Waals surface area contributed by atoms with Crippen LogP contribution in [0.5, 0.6) is 11.5 Å². The van der Waals surface area contributed by atoms with Crippen molar-refractivity contribution >= 4 is 16.7 Å². The van der Waals surface area contributed by atoms with Gasteiger partial charge in [-0.25, -0.2) is 4.79 Å². The maximum atomic E-state index is 12.0. The Morgan fingerprint density at radius 1 is 1.11 bits per heavy atom. The van der Waals surface area contributed by atoms with Gasteiger partial charge in [-0.05, 0) is 26.8 Å². The van der Waals surface area contributed by atoms with Crippen LogP contribution in [0, 0.1) is 0 Å². The molecule has 2 N–H and O–H groups in total. The minimum absolute atomic E-state index is 0.0360. The summed E-state index contributed by atoms with van der Waals surface area (Å²) in [6.45, 7) is 5.22. The van der Waals surface area contributed by atoms with Gasteiger partial charge in [0.25, 0.3) is 0 Å². The van der Waals surface area contributed by atoms with Gasteiger partial charge in [0, 0.05) is 10.8 Å². The van der Waals surface area contributed by atoms with E-state index in [1.54, 1.807) is 45.0 Å². The van der Waals surface area contributed by atoms with Crippen molar-refractivity contribution in [2.75, 3.05) is 0 Å². The van der Waals surface area contributed by atoms with E-state index in [-0.39, 0.29) is 17.1 Å². The highest BCUT2D eigenvalue weighted by Gasteiger charge is 2.22. The normalized spacial score (nSPS) is 11.5. The Morgan fingerprint density at radius 2 is 1.68 bits per heavy atom. The highest BCUT2D eigenvalue weighted by Crippen LogP contribution is 2.35. The maximum Gasteiger partial charge on any atom is 0.342 e. The first-order valence-corrected chi connectivity index (χ1v) is 5.96. The fourth-order valence-electron chi connectivity index (χ4n) is 1.83. The fraction of sp³-hybridized carbons (Fsp3) is 0.267. The van der Waals surface area contributed by atoms with Gasteiger partial charge in [0.15, 0.2) is 0 Å². The zero-order chi connectivity index (χ0) is 14.2. The van der Waals surface area contributed by atoms with Crippen LogP contribution in [0.1, 0.15) is 31.1 Å². The molecule has 0 amide bonds. The van der Waals surface area contributed by atoms with Gasteiger partial charge in [0.2, 0.25) is 0 Å². The average Bonchev–Trinajstić information content (AvgIpc) is 2.31. The molecular formula is C15H16O4. The van der Waals surface area contributed by atoms with E-state index in [0.717, 1.165) is 0 Å². The van der Waals surface area contributed by atoms with Crippen molar-refractivity contribution in [3.05, 3.63) is 35.9 Å². The second-order valence-corrected chi connectivity index (χ2v) is 5.34. The summed E-state index contributed by atoms with van der Waals surface area (Å²) in [5.74, 6) is -0.900. The minimum Gasteiger partial charge on any atom is -0.507 e. The number of hydrogen-bond acceptors (Lipinski definition) is 4. The first-order chi connectivity index (χ1) is 8.79. The molecule has 2 rings (SSSR count). The summed E-state index contributed by atoms with van der Waals surface area (Å²) in [7, 11) is 0. The summed E-state index contributed by atoms with van der Waals surface area (Å²) < 4.78 is 5.20. The Kier molecular flexibility index (Phi) is 3.10. The van der Waals surface area contributed by atoms with E-state index in [1.807, 2.05) is 0 Å². The van der Waals surface area contributed by atoms with Gasteiger partial charge in [-0.1, -0.05) is 24.3 Å². The molecule has 0 radical (unpaired) electrons. The molecule has 4 nitrogen and oxygen atoms in total. The Morgan fingerprint density at radius 3 is 2.26 bits per heavy atom. The lowest BCUT2D eigenvalue weighted by molar-refractivity contribution is 0.00667. The summed E-state index contributed by atoms with van der Waals surface area (Å²) in [5, 5.41) is 20.9. The summed E-state index contributed by atoms with van der Waals surface area (Å²) in [5.41, 5.74) is -0.698. The fourth-order valence-corrected chi connectivity index (χ4v) is 1.83. The minimum atomic E-state index is -0.662. The van der Waals surface area contributed by atoms with Crippen LogP contribution in [0.4, 0.5) is 0 Å². The Labute approximate surface area is 111 Å². The zero-order valence-corrected chi connectivity index (χ0v) is 11.1. The molecule has 0 saturated carbocycles. The first-order valence-electron chi connectivity index (χ1n) is 5.96. The Bertz CT molecular complexity index is 638. The van der Waals surface area contributed by atoms with Crippen molar-refractivity contribution in [1.82, 2.24) is 0 Å². The molecule has 4 heteroatoms. The molecule has 100 valence electrons. The van der Waals surface area contributed by atoms with Gasteiger partial charge in [-0.15, -0.1) is 0 Å². The van der Waals surface area contributed by atoms with Gasteiger partial charge < -0.3 is 14.9 Å². The zero-order valence-electron chi connectivity index (χ0n) is 11.1. The molecule has 0 aromatic heterocycles. The van der Waals surface area contributed by atoms with Crippen molar-refractivity contribution < 1.29 is 19.7 Å². The quantitative estimate of drug-likeness (QED) is 0.610. The molecule has 0 aliphatic rings. The predicted molar refractivity (Wildman–Crippen MR) is 72.4 cm³/mol. The number of hydrogen-bond donors (Lipinski definition) is 2. The number of esters is 1. The van der Waals surface area contributed by atoms with Crippen molar-refractivity contribution in [1.29, 1.82) is 0 Å². The number of fused-ring (bicyclic) bond motifs is 1. The number of phenolic OH excluding ortho intramolecular Hbond substituents is 2. The summed E-state index contributed by atoms with van der Waals surface area (Å²) in [6.07, 6.45) is 0. The summed E-state index contributed by atoms with van der Waals surface area (Å²) in [4.78, 5) is 12.0.